The lowest BCUT2D eigenvalue weighted by Gasteiger charge is -2.28. The van der Waals surface area contributed by atoms with E-state index in [1.54, 1.807) is 24.3 Å². The number of benzene rings is 3. The monoisotopic (exact) mass is 851 g/mol. The Labute approximate surface area is 337 Å². The lowest BCUT2D eigenvalue weighted by Crippen LogP contribution is -2.56. The summed E-state index contributed by atoms with van der Waals surface area (Å²) in [7, 11) is 0. The molecule has 6 amide bonds. The Morgan fingerprint density at radius 2 is 1.54 bits per heavy atom. The first-order valence-corrected chi connectivity index (χ1v) is 18.9. The summed E-state index contributed by atoms with van der Waals surface area (Å²) in [4.78, 5) is 89.9. The molecule has 1 aliphatic rings. The molecule has 304 valence electrons. The van der Waals surface area contributed by atoms with Crippen molar-refractivity contribution < 1.29 is 47.8 Å². The van der Waals surface area contributed by atoms with Gasteiger partial charge in [0.05, 0.1) is 19.8 Å². The Bertz CT molecular complexity index is 1880. The van der Waals surface area contributed by atoms with Gasteiger partial charge in [-0.15, -0.1) is 0 Å². The Balaban J connectivity index is 1.26. The van der Waals surface area contributed by atoms with Gasteiger partial charge < -0.3 is 52.3 Å². The highest BCUT2D eigenvalue weighted by Crippen LogP contribution is 2.20. The van der Waals surface area contributed by atoms with E-state index in [2.05, 4.69) is 31.9 Å². The third-order valence-electron chi connectivity index (χ3n) is 8.85. The Morgan fingerprint density at radius 3 is 2.23 bits per heavy atom. The minimum Gasteiger partial charge on any atom is -0.429 e. The number of amides is 6. The minimum absolute atomic E-state index is 0.00854. The van der Waals surface area contributed by atoms with E-state index in [9.17, 15) is 33.6 Å². The SMILES string of the molecule is NC(=O)CC[C@H](NC(=O)[C@@H]1CCCN1C(=O)[C@@H](N)COCc1ccccc1)C(=O)NCC(=O)N[C@@H](Cc1ccc(OC(=O)OCc2ccccc2Br)cc1)C(N)=O. The summed E-state index contributed by atoms with van der Waals surface area (Å²) in [5.41, 5.74) is 19.2. The molecule has 0 aromatic heterocycles. The largest absolute Gasteiger partial charge is 0.514 e. The molecule has 3 aromatic rings. The highest BCUT2D eigenvalue weighted by atomic mass is 79.9. The van der Waals surface area contributed by atoms with Crippen LogP contribution < -0.4 is 37.9 Å². The van der Waals surface area contributed by atoms with Gasteiger partial charge >= 0.3 is 6.16 Å². The predicted molar refractivity (Wildman–Crippen MR) is 208 cm³/mol. The highest BCUT2D eigenvalue weighted by Gasteiger charge is 2.37. The van der Waals surface area contributed by atoms with Crippen LogP contribution in [0.1, 0.15) is 42.4 Å². The molecule has 1 fully saturated rings. The molecule has 1 saturated heterocycles. The van der Waals surface area contributed by atoms with Gasteiger partial charge in [-0.2, -0.15) is 0 Å². The van der Waals surface area contributed by atoms with Gasteiger partial charge in [0, 0.05) is 29.4 Å². The number of nitrogens with zero attached hydrogens (tertiary/aromatic N) is 1. The number of hydrogen-bond acceptors (Lipinski definition) is 11. The van der Waals surface area contributed by atoms with Crippen LogP contribution in [0.3, 0.4) is 0 Å². The lowest BCUT2D eigenvalue weighted by atomic mass is 10.1. The standard InChI is InChI=1S/C39H46BrN7O10/c40-28-10-5-4-9-26(28)22-56-39(54)57-27-14-12-24(13-15-27)19-31(35(43)50)45-34(49)20-44-36(51)30(16-17-33(42)48)46-37(52)32-11-6-18-47(32)38(53)29(41)23-55-21-25-7-2-1-3-8-25/h1-5,7-10,12-15,29-32H,6,11,16-23,41H2,(H2,42,48)(H2,43,50)(H,44,51)(H,45,49)(H,46,52)/t29-,30-,31-,32-/m0/s1. The van der Waals surface area contributed by atoms with Crippen molar-refractivity contribution in [1.29, 1.82) is 0 Å². The molecule has 4 rings (SSSR count). The van der Waals surface area contributed by atoms with Crippen LogP contribution in [0.15, 0.2) is 83.3 Å². The molecule has 57 heavy (non-hydrogen) atoms. The number of likely N-dealkylation sites (tertiary alicyclic amines) is 1. The van der Waals surface area contributed by atoms with Gasteiger partial charge in [-0.25, -0.2) is 4.79 Å². The second-order valence-corrected chi connectivity index (χ2v) is 14.0. The van der Waals surface area contributed by atoms with E-state index in [4.69, 9.17) is 31.4 Å². The van der Waals surface area contributed by atoms with Gasteiger partial charge in [-0.1, -0.05) is 76.6 Å². The first-order chi connectivity index (χ1) is 27.3. The molecule has 0 aliphatic carbocycles. The van der Waals surface area contributed by atoms with Gasteiger partial charge in [-0.3, -0.25) is 28.8 Å². The maximum Gasteiger partial charge on any atom is 0.514 e. The summed E-state index contributed by atoms with van der Waals surface area (Å²) in [6.07, 6.45) is -0.572. The van der Waals surface area contributed by atoms with Crippen molar-refractivity contribution in [3.63, 3.8) is 0 Å². The third kappa shape index (κ3) is 14.3. The summed E-state index contributed by atoms with van der Waals surface area (Å²) in [5, 5.41) is 7.44. The van der Waals surface area contributed by atoms with Crippen LogP contribution in [-0.4, -0.2) is 90.4 Å². The molecule has 0 saturated carbocycles. The van der Waals surface area contributed by atoms with Crippen molar-refractivity contribution in [3.8, 4) is 5.75 Å². The van der Waals surface area contributed by atoms with E-state index >= 15 is 0 Å². The lowest BCUT2D eigenvalue weighted by molar-refractivity contribution is -0.141. The number of primary amides is 2. The summed E-state index contributed by atoms with van der Waals surface area (Å²) in [5.74, 6) is -4.10. The van der Waals surface area contributed by atoms with E-state index in [-0.39, 0.29) is 51.4 Å². The van der Waals surface area contributed by atoms with Crippen LogP contribution in [0.2, 0.25) is 0 Å². The molecule has 9 N–H and O–H groups in total. The van der Waals surface area contributed by atoms with Crippen molar-refractivity contribution >= 4 is 57.5 Å². The van der Waals surface area contributed by atoms with E-state index in [0.29, 0.717) is 18.4 Å². The molecular formula is C39H46BrN7O10. The Morgan fingerprint density at radius 1 is 0.842 bits per heavy atom. The number of hydrogen-bond donors (Lipinski definition) is 6. The predicted octanol–water partition coefficient (Wildman–Crippen LogP) is 1.08. The van der Waals surface area contributed by atoms with Crippen LogP contribution >= 0.6 is 15.9 Å². The van der Waals surface area contributed by atoms with Crippen LogP contribution in [0.25, 0.3) is 0 Å². The molecular weight excluding hydrogens is 806 g/mol. The van der Waals surface area contributed by atoms with E-state index in [1.807, 2.05) is 42.5 Å². The average Bonchev–Trinajstić information content (AvgIpc) is 3.69. The zero-order valence-electron chi connectivity index (χ0n) is 31.0. The molecule has 0 spiro atoms. The Hall–Kier alpha value is -5.85. The van der Waals surface area contributed by atoms with Crippen LogP contribution in [0.5, 0.6) is 5.75 Å². The quantitative estimate of drug-likeness (QED) is 0.0692. The van der Waals surface area contributed by atoms with Crippen molar-refractivity contribution in [2.45, 2.75) is 69.5 Å². The summed E-state index contributed by atoms with van der Waals surface area (Å²) in [6.45, 7) is -0.169. The number of ether oxygens (including phenoxy) is 3. The topological polar surface area (TPSA) is 265 Å². The van der Waals surface area contributed by atoms with Gasteiger partial charge in [0.1, 0.15) is 36.5 Å². The van der Waals surface area contributed by atoms with Crippen molar-refractivity contribution in [3.05, 3.63) is 100 Å². The fourth-order valence-electron chi connectivity index (χ4n) is 5.85. The fourth-order valence-corrected chi connectivity index (χ4v) is 6.25. The smallest absolute Gasteiger partial charge is 0.429 e. The molecule has 18 heteroatoms. The number of nitrogens with one attached hydrogen (secondary N) is 3. The highest BCUT2D eigenvalue weighted by molar-refractivity contribution is 9.10. The average molecular weight is 853 g/mol. The second kappa shape index (κ2) is 22.0. The normalized spacial score (nSPS) is 15.1. The zero-order chi connectivity index (χ0) is 41.3. The number of halogens is 1. The zero-order valence-corrected chi connectivity index (χ0v) is 32.6. The molecule has 1 heterocycles. The number of carbonyl (C=O) groups excluding carboxylic acids is 7. The first kappa shape index (κ1) is 43.9. The van der Waals surface area contributed by atoms with Crippen molar-refractivity contribution in [1.82, 2.24) is 20.9 Å². The maximum atomic E-state index is 13.4. The minimum atomic E-state index is -1.29. The van der Waals surface area contributed by atoms with Gasteiger partial charge in [0.15, 0.2) is 0 Å². The Kier molecular flexibility index (Phi) is 17.0. The van der Waals surface area contributed by atoms with Crippen molar-refractivity contribution in [2.24, 2.45) is 17.2 Å². The molecule has 3 aromatic carbocycles. The van der Waals surface area contributed by atoms with Gasteiger partial charge in [0.2, 0.25) is 35.4 Å². The molecule has 0 radical (unpaired) electrons. The molecule has 17 nitrogen and oxygen atoms in total. The second-order valence-electron chi connectivity index (χ2n) is 13.2. The first-order valence-electron chi connectivity index (χ1n) is 18.1. The van der Waals surface area contributed by atoms with Crippen LogP contribution in [0.4, 0.5) is 4.79 Å². The fraction of sp³-hybridized carbons (Fsp3) is 0.359. The van der Waals surface area contributed by atoms with Crippen molar-refractivity contribution in [2.75, 3.05) is 19.7 Å². The molecule has 0 bridgehead atoms. The number of nitrogens with two attached hydrogens (primary N) is 3. The molecule has 0 unspecified atom stereocenters. The molecule has 1 aliphatic heterocycles. The summed E-state index contributed by atoms with van der Waals surface area (Å²) < 4.78 is 16.7. The maximum absolute atomic E-state index is 13.4. The van der Waals surface area contributed by atoms with E-state index in [0.717, 1.165) is 15.6 Å². The summed E-state index contributed by atoms with van der Waals surface area (Å²) in [6, 6.07) is 18.2. The van der Waals surface area contributed by atoms with Gasteiger partial charge in [-0.05, 0) is 48.6 Å². The van der Waals surface area contributed by atoms with E-state index in [1.165, 1.54) is 17.0 Å². The van der Waals surface area contributed by atoms with E-state index < -0.39 is 72.3 Å². The van der Waals surface area contributed by atoms with Crippen LogP contribution in [-0.2, 0) is 57.9 Å². The number of rotatable bonds is 20. The van der Waals surface area contributed by atoms with Crippen LogP contribution in [0, 0.1) is 0 Å². The summed E-state index contributed by atoms with van der Waals surface area (Å²) >= 11 is 3.38. The third-order valence-corrected chi connectivity index (χ3v) is 9.62. The van der Waals surface area contributed by atoms with Gasteiger partial charge in [0.25, 0.3) is 0 Å². The molecule has 4 atom stereocenters. The number of carbonyl (C=O) groups is 7.